The molecule has 108 valence electrons. The number of rotatable bonds is 5. The summed E-state index contributed by atoms with van der Waals surface area (Å²) in [5.41, 5.74) is 0.920. The molecule has 1 aromatic heterocycles. The quantitative estimate of drug-likeness (QED) is 0.787. The van der Waals surface area contributed by atoms with Gasteiger partial charge in [-0.05, 0) is 19.3 Å². The second kappa shape index (κ2) is 5.58. The van der Waals surface area contributed by atoms with E-state index in [-0.39, 0.29) is 17.6 Å². The number of methoxy groups -OCH3 is 1. The van der Waals surface area contributed by atoms with Gasteiger partial charge in [-0.1, -0.05) is 0 Å². The predicted molar refractivity (Wildman–Crippen MR) is 68.0 cm³/mol. The van der Waals surface area contributed by atoms with Crippen molar-refractivity contribution in [3.63, 3.8) is 0 Å². The van der Waals surface area contributed by atoms with Crippen LogP contribution in [0.3, 0.4) is 0 Å². The summed E-state index contributed by atoms with van der Waals surface area (Å²) in [6.45, 7) is 2.81. The van der Waals surface area contributed by atoms with E-state index in [2.05, 4.69) is 10.2 Å². The molecule has 7 nitrogen and oxygen atoms in total. The highest BCUT2D eigenvalue weighted by molar-refractivity contribution is 7.89. The fourth-order valence-electron chi connectivity index (χ4n) is 2.34. The summed E-state index contributed by atoms with van der Waals surface area (Å²) in [6, 6.07) is 0. The fraction of sp³-hybridized carbons (Fsp3) is 0.727. The van der Waals surface area contributed by atoms with Gasteiger partial charge < -0.3 is 9.84 Å². The van der Waals surface area contributed by atoms with Gasteiger partial charge in [-0.15, -0.1) is 0 Å². The second-order valence-corrected chi connectivity index (χ2v) is 6.62. The molecule has 1 aromatic rings. The summed E-state index contributed by atoms with van der Waals surface area (Å²) >= 11 is 0. The predicted octanol–water partition coefficient (Wildman–Crippen LogP) is -0.133. The standard InChI is InChI=1S/C11H19N3O4S/c1-8-10(6-15)11(13-12-8)19(16,17)14-4-3-9(5-14)7-18-2/h9,15H,3-7H2,1-2H3,(H,12,13). The van der Waals surface area contributed by atoms with Gasteiger partial charge in [-0.3, -0.25) is 5.10 Å². The maximum Gasteiger partial charge on any atom is 0.262 e. The van der Waals surface area contributed by atoms with E-state index in [0.29, 0.717) is 31.0 Å². The van der Waals surface area contributed by atoms with Gasteiger partial charge in [0.1, 0.15) is 0 Å². The molecule has 0 aliphatic carbocycles. The average Bonchev–Trinajstić information content (AvgIpc) is 2.96. The molecule has 1 saturated heterocycles. The van der Waals surface area contributed by atoms with Crippen molar-refractivity contribution >= 4 is 10.0 Å². The van der Waals surface area contributed by atoms with Crippen molar-refractivity contribution in [2.75, 3.05) is 26.8 Å². The summed E-state index contributed by atoms with van der Waals surface area (Å²) in [7, 11) is -2.03. The van der Waals surface area contributed by atoms with E-state index >= 15 is 0 Å². The molecular weight excluding hydrogens is 270 g/mol. The Kier molecular flexibility index (Phi) is 4.24. The number of nitrogens with zero attached hydrogens (tertiary/aromatic N) is 2. The monoisotopic (exact) mass is 289 g/mol. The number of aliphatic hydroxyl groups excluding tert-OH is 1. The first-order valence-corrected chi connectivity index (χ1v) is 7.58. The number of aromatic amines is 1. The van der Waals surface area contributed by atoms with Crippen molar-refractivity contribution in [1.29, 1.82) is 0 Å². The normalized spacial score (nSPS) is 21.1. The lowest BCUT2D eigenvalue weighted by atomic mass is 10.1. The van der Waals surface area contributed by atoms with Crippen LogP contribution in [0.2, 0.25) is 0 Å². The maximum absolute atomic E-state index is 12.5. The van der Waals surface area contributed by atoms with E-state index in [1.54, 1.807) is 14.0 Å². The van der Waals surface area contributed by atoms with Gasteiger partial charge in [-0.2, -0.15) is 9.40 Å². The Balaban J connectivity index is 2.23. The number of aliphatic hydroxyl groups is 1. The van der Waals surface area contributed by atoms with Crippen molar-refractivity contribution in [3.8, 4) is 0 Å². The Morgan fingerprint density at radius 1 is 1.58 bits per heavy atom. The first-order valence-electron chi connectivity index (χ1n) is 6.14. The average molecular weight is 289 g/mol. The zero-order valence-corrected chi connectivity index (χ0v) is 11.9. The molecule has 2 rings (SSSR count). The summed E-state index contributed by atoms with van der Waals surface area (Å²) in [6.07, 6.45) is 0.783. The summed E-state index contributed by atoms with van der Waals surface area (Å²) < 4.78 is 31.4. The summed E-state index contributed by atoms with van der Waals surface area (Å²) in [4.78, 5) is 0. The van der Waals surface area contributed by atoms with Crippen molar-refractivity contribution in [2.45, 2.75) is 25.0 Å². The molecular formula is C11H19N3O4S. The van der Waals surface area contributed by atoms with Crippen LogP contribution in [0.5, 0.6) is 0 Å². The number of hydrogen-bond donors (Lipinski definition) is 2. The van der Waals surface area contributed by atoms with Crippen LogP contribution >= 0.6 is 0 Å². The smallest absolute Gasteiger partial charge is 0.262 e. The molecule has 1 atom stereocenters. The first-order chi connectivity index (χ1) is 9.00. The third-order valence-electron chi connectivity index (χ3n) is 3.43. The molecule has 0 spiro atoms. The van der Waals surface area contributed by atoms with Crippen LogP contribution in [0, 0.1) is 12.8 Å². The number of ether oxygens (including phenoxy) is 1. The van der Waals surface area contributed by atoms with Crippen LogP contribution in [0.15, 0.2) is 5.03 Å². The third-order valence-corrected chi connectivity index (χ3v) is 5.27. The number of hydrogen-bond acceptors (Lipinski definition) is 5. The van der Waals surface area contributed by atoms with E-state index in [0.717, 1.165) is 6.42 Å². The van der Waals surface area contributed by atoms with Crippen molar-refractivity contribution < 1.29 is 18.3 Å². The van der Waals surface area contributed by atoms with Crippen molar-refractivity contribution in [3.05, 3.63) is 11.3 Å². The third kappa shape index (κ3) is 2.66. The highest BCUT2D eigenvalue weighted by Gasteiger charge is 2.35. The van der Waals surface area contributed by atoms with Crippen LogP contribution in [-0.2, 0) is 21.4 Å². The molecule has 8 heteroatoms. The first kappa shape index (κ1) is 14.4. The number of nitrogens with one attached hydrogen (secondary N) is 1. The minimum Gasteiger partial charge on any atom is -0.392 e. The van der Waals surface area contributed by atoms with Gasteiger partial charge in [-0.25, -0.2) is 8.42 Å². The molecule has 0 amide bonds. The Labute approximate surface area is 112 Å². The topological polar surface area (TPSA) is 95.5 Å². The largest absolute Gasteiger partial charge is 0.392 e. The lowest BCUT2D eigenvalue weighted by Crippen LogP contribution is -2.30. The van der Waals surface area contributed by atoms with Gasteiger partial charge in [0, 0.05) is 31.5 Å². The van der Waals surface area contributed by atoms with Crippen molar-refractivity contribution in [1.82, 2.24) is 14.5 Å². The van der Waals surface area contributed by atoms with Gasteiger partial charge in [0.15, 0.2) is 5.03 Å². The van der Waals surface area contributed by atoms with Crippen molar-refractivity contribution in [2.24, 2.45) is 5.92 Å². The molecule has 0 bridgehead atoms. The van der Waals surface area contributed by atoms with Crippen LogP contribution in [0.25, 0.3) is 0 Å². The van der Waals surface area contributed by atoms with Gasteiger partial charge >= 0.3 is 0 Å². The molecule has 2 heterocycles. The highest BCUT2D eigenvalue weighted by atomic mass is 32.2. The number of sulfonamides is 1. The van der Waals surface area contributed by atoms with Gasteiger partial charge in [0.05, 0.1) is 13.2 Å². The van der Waals surface area contributed by atoms with E-state index in [1.165, 1.54) is 4.31 Å². The molecule has 1 aliphatic heterocycles. The van der Waals surface area contributed by atoms with Crippen LogP contribution in [-0.4, -0.2) is 54.8 Å². The minimum absolute atomic E-state index is 0.0643. The Bertz CT molecular complexity index is 540. The highest BCUT2D eigenvalue weighted by Crippen LogP contribution is 2.26. The molecule has 0 radical (unpaired) electrons. The van der Waals surface area contributed by atoms with Crippen LogP contribution < -0.4 is 0 Å². The molecule has 2 N–H and O–H groups in total. The Morgan fingerprint density at radius 2 is 2.32 bits per heavy atom. The molecule has 0 aromatic carbocycles. The van der Waals surface area contributed by atoms with E-state index in [4.69, 9.17) is 4.74 Å². The fourth-order valence-corrected chi connectivity index (χ4v) is 4.03. The van der Waals surface area contributed by atoms with E-state index in [1.807, 2.05) is 0 Å². The van der Waals surface area contributed by atoms with Gasteiger partial charge in [0.25, 0.3) is 10.0 Å². The van der Waals surface area contributed by atoms with E-state index in [9.17, 15) is 13.5 Å². The molecule has 0 saturated carbocycles. The second-order valence-electron chi connectivity index (χ2n) is 4.76. The Morgan fingerprint density at radius 3 is 2.95 bits per heavy atom. The number of H-pyrrole nitrogens is 1. The Hall–Kier alpha value is -0.960. The molecule has 1 fully saturated rings. The number of aryl methyl sites for hydroxylation is 1. The molecule has 1 unspecified atom stereocenters. The zero-order valence-electron chi connectivity index (χ0n) is 11.1. The van der Waals surface area contributed by atoms with Crippen LogP contribution in [0.1, 0.15) is 17.7 Å². The lowest BCUT2D eigenvalue weighted by Gasteiger charge is -2.15. The maximum atomic E-state index is 12.5. The molecule has 19 heavy (non-hydrogen) atoms. The number of aromatic nitrogens is 2. The summed E-state index contributed by atoms with van der Waals surface area (Å²) in [5.74, 6) is 0.220. The molecule has 1 aliphatic rings. The van der Waals surface area contributed by atoms with Gasteiger partial charge in [0.2, 0.25) is 0 Å². The summed E-state index contributed by atoms with van der Waals surface area (Å²) in [5, 5.41) is 15.6. The SMILES string of the molecule is COCC1CCN(S(=O)(=O)c2n[nH]c(C)c2CO)C1. The zero-order chi connectivity index (χ0) is 14.0. The van der Waals surface area contributed by atoms with E-state index < -0.39 is 10.0 Å². The lowest BCUT2D eigenvalue weighted by molar-refractivity contribution is 0.157. The van der Waals surface area contributed by atoms with Crippen LogP contribution in [0.4, 0.5) is 0 Å². The minimum atomic E-state index is -3.64.